The minimum absolute atomic E-state index is 0.0306. The highest BCUT2D eigenvalue weighted by molar-refractivity contribution is 5.88. The summed E-state index contributed by atoms with van der Waals surface area (Å²) < 4.78 is 1.57. The number of nitrogens with zero attached hydrogens (tertiary/aromatic N) is 2. The van der Waals surface area contributed by atoms with E-state index >= 15 is 0 Å². The Bertz CT molecular complexity index is 758. The van der Waals surface area contributed by atoms with Crippen LogP contribution in [-0.4, -0.2) is 27.8 Å². The van der Waals surface area contributed by atoms with E-state index in [1.807, 2.05) is 44.2 Å². The van der Waals surface area contributed by atoms with Gasteiger partial charge in [-0.2, -0.15) is 5.10 Å². The molecule has 1 aliphatic rings. The molecule has 0 radical (unpaired) electrons. The molecule has 1 aromatic heterocycles. The molecule has 2 heterocycles. The van der Waals surface area contributed by atoms with Gasteiger partial charge in [0.1, 0.15) is 5.82 Å². The quantitative estimate of drug-likeness (QED) is 0.676. The van der Waals surface area contributed by atoms with Gasteiger partial charge in [0.15, 0.2) is 6.29 Å². The predicted octanol–water partition coefficient (Wildman–Crippen LogP) is 1.47. The van der Waals surface area contributed by atoms with Crippen molar-refractivity contribution in [1.82, 2.24) is 25.7 Å². The summed E-state index contributed by atoms with van der Waals surface area (Å²) in [6.07, 6.45) is -0.0776. The Kier molecular flexibility index (Phi) is 4.99. The average Bonchev–Trinajstić information content (AvgIpc) is 2.93. The maximum atomic E-state index is 12.2. The molecule has 2 atom stereocenters. The van der Waals surface area contributed by atoms with E-state index in [0.29, 0.717) is 18.8 Å². The Labute approximate surface area is 146 Å². The van der Waals surface area contributed by atoms with Gasteiger partial charge in [-0.05, 0) is 19.4 Å². The third-order valence-electron chi connectivity index (χ3n) is 3.87. The lowest BCUT2D eigenvalue weighted by Gasteiger charge is -2.30. The summed E-state index contributed by atoms with van der Waals surface area (Å²) in [5.74, 6) is 0.457. The lowest BCUT2D eigenvalue weighted by Crippen LogP contribution is -2.52. The molecular formula is C17H22N6O2. The molecule has 3 rings (SSSR count). The van der Waals surface area contributed by atoms with Crippen molar-refractivity contribution in [2.45, 2.75) is 39.1 Å². The number of amides is 3. The van der Waals surface area contributed by atoms with Crippen molar-refractivity contribution in [3.05, 3.63) is 47.7 Å². The number of benzene rings is 1. The van der Waals surface area contributed by atoms with Crippen molar-refractivity contribution in [3.63, 3.8) is 0 Å². The first-order valence-corrected chi connectivity index (χ1v) is 8.21. The van der Waals surface area contributed by atoms with Crippen LogP contribution < -0.4 is 21.3 Å². The predicted molar refractivity (Wildman–Crippen MR) is 93.7 cm³/mol. The van der Waals surface area contributed by atoms with Gasteiger partial charge in [-0.15, -0.1) is 0 Å². The van der Waals surface area contributed by atoms with Crippen molar-refractivity contribution in [2.75, 3.05) is 5.32 Å². The van der Waals surface area contributed by atoms with Crippen LogP contribution in [0.15, 0.2) is 36.4 Å². The van der Waals surface area contributed by atoms with Gasteiger partial charge in [0.05, 0.1) is 5.69 Å². The van der Waals surface area contributed by atoms with Crippen molar-refractivity contribution in [1.29, 1.82) is 0 Å². The van der Waals surface area contributed by atoms with Crippen molar-refractivity contribution in [3.8, 4) is 0 Å². The lowest BCUT2D eigenvalue weighted by atomic mass is 10.2. The lowest BCUT2D eigenvalue weighted by molar-refractivity contribution is -0.125. The van der Waals surface area contributed by atoms with Gasteiger partial charge in [-0.1, -0.05) is 30.3 Å². The van der Waals surface area contributed by atoms with E-state index < -0.39 is 6.29 Å². The minimum atomic E-state index is -0.491. The van der Waals surface area contributed by atoms with Gasteiger partial charge in [0.2, 0.25) is 5.91 Å². The fourth-order valence-electron chi connectivity index (χ4n) is 2.74. The zero-order valence-corrected chi connectivity index (χ0v) is 14.2. The van der Waals surface area contributed by atoms with Crippen LogP contribution in [0.5, 0.6) is 0 Å². The Morgan fingerprint density at radius 3 is 2.84 bits per heavy atom. The summed E-state index contributed by atoms with van der Waals surface area (Å²) in [4.78, 5) is 24.0. The van der Waals surface area contributed by atoms with Crippen molar-refractivity contribution >= 4 is 17.8 Å². The molecule has 8 nitrogen and oxygen atoms in total. The molecule has 1 saturated heterocycles. The maximum Gasteiger partial charge on any atom is 0.320 e. The second-order valence-electron chi connectivity index (χ2n) is 6.15. The first-order chi connectivity index (χ1) is 12.0. The van der Waals surface area contributed by atoms with E-state index in [9.17, 15) is 9.59 Å². The van der Waals surface area contributed by atoms with Crippen LogP contribution >= 0.6 is 0 Å². The number of aryl methyl sites for hydroxylation is 1. The Hall–Kier alpha value is -2.87. The van der Waals surface area contributed by atoms with E-state index in [-0.39, 0.29) is 18.0 Å². The Morgan fingerprint density at radius 2 is 2.12 bits per heavy atom. The molecule has 0 spiro atoms. The van der Waals surface area contributed by atoms with Gasteiger partial charge in [-0.3, -0.25) is 15.4 Å². The number of hydrogen-bond donors (Lipinski definition) is 4. The molecule has 2 aromatic rings. The largest absolute Gasteiger partial charge is 0.334 e. The average molecular weight is 342 g/mol. The van der Waals surface area contributed by atoms with Crippen LogP contribution in [0.1, 0.15) is 30.9 Å². The van der Waals surface area contributed by atoms with E-state index in [0.717, 1.165) is 11.3 Å². The first kappa shape index (κ1) is 17.0. The normalized spacial score (nSPS) is 20.0. The van der Waals surface area contributed by atoms with E-state index in [1.165, 1.54) is 0 Å². The number of hydrogen-bond acceptors (Lipinski definition) is 4. The molecule has 132 valence electrons. The van der Waals surface area contributed by atoms with Crippen LogP contribution in [0, 0.1) is 6.92 Å². The topological polar surface area (TPSA) is 100 Å². The Balaban J connectivity index is 1.66. The summed E-state index contributed by atoms with van der Waals surface area (Å²) in [5, 5.41) is 16.0. The highest BCUT2D eigenvalue weighted by Gasteiger charge is 2.26. The van der Waals surface area contributed by atoms with Crippen LogP contribution in [0.3, 0.4) is 0 Å². The minimum Gasteiger partial charge on any atom is -0.334 e. The molecule has 1 aliphatic heterocycles. The molecule has 2 unspecified atom stereocenters. The molecule has 0 saturated carbocycles. The smallest absolute Gasteiger partial charge is 0.320 e. The van der Waals surface area contributed by atoms with Crippen molar-refractivity contribution in [2.24, 2.45) is 0 Å². The van der Waals surface area contributed by atoms with E-state index in [1.54, 1.807) is 10.7 Å². The summed E-state index contributed by atoms with van der Waals surface area (Å²) in [5.41, 5.74) is 1.75. The zero-order valence-electron chi connectivity index (χ0n) is 14.2. The monoisotopic (exact) mass is 342 g/mol. The third kappa shape index (κ3) is 4.36. The summed E-state index contributed by atoms with van der Waals surface area (Å²) >= 11 is 0. The number of rotatable bonds is 4. The number of aromatic nitrogens is 2. The van der Waals surface area contributed by atoms with Crippen molar-refractivity contribution < 1.29 is 9.59 Å². The summed E-state index contributed by atoms with van der Waals surface area (Å²) in [7, 11) is 0. The van der Waals surface area contributed by atoms with Gasteiger partial charge in [0, 0.05) is 25.1 Å². The van der Waals surface area contributed by atoms with E-state index in [4.69, 9.17) is 0 Å². The van der Waals surface area contributed by atoms with Gasteiger partial charge in [0.25, 0.3) is 0 Å². The highest BCUT2D eigenvalue weighted by Crippen LogP contribution is 2.17. The van der Waals surface area contributed by atoms with Gasteiger partial charge in [-0.25, -0.2) is 9.48 Å². The van der Waals surface area contributed by atoms with Gasteiger partial charge < -0.3 is 10.6 Å². The number of carbonyl (C=O) groups excluding carboxylic acids is 2. The summed E-state index contributed by atoms with van der Waals surface area (Å²) in [6.45, 7) is 4.19. The number of anilines is 1. The molecule has 1 aromatic carbocycles. The molecule has 1 fully saturated rings. The first-order valence-electron chi connectivity index (χ1n) is 8.21. The molecule has 4 N–H and O–H groups in total. The molecule has 25 heavy (non-hydrogen) atoms. The molecule has 8 heteroatoms. The second-order valence-corrected chi connectivity index (χ2v) is 6.15. The number of carbonyl (C=O) groups is 2. The fourth-order valence-corrected chi connectivity index (χ4v) is 2.74. The number of nitrogens with one attached hydrogen (secondary N) is 4. The molecule has 3 amide bonds. The molecular weight excluding hydrogens is 320 g/mol. The van der Waals surface area contributed by atoms with Gasteiger partial charge >= 0.3 is 6.03 Å². The maximum absolute atomic E-state index is 12.2. The van der Waals surface area contributed by atoms with Crippen LogP contribution in [-0.2, 0) is 11.3 Å². The third-order valence-corrected chi connectivity index (χ3v) is 3.87. The van der Waals surface area contributed by atoms with Crippen LogP contribution in [0.4, 0.5) is 10.6 Å². The van der Waals surface area contributed by atoms with Crippen LogP contribution in [0.2, 0.25) is 0 Å². The zero-order chi connectivity index (χ0) is 17.8. The van der Waals surface area contributed by atoms with Crippen LogP contribution in [0.25, 0.3) is 0 Å². The standard InChI is InChI=1S/C17H22N6O2/c1-11-9-15(24)21-16(19-11)23-14(8-12(2)22-23)20-17(25)18-10-13-6-4-3-5-7-13/h3-8,11,16,19H,9-10H2,1-2H3,(H,21,24)(H2,18,20,25). The number of urea groups is 1. The molecule has 0 bridgehead atoms. The van der Waals surface area contributed by atoms with E-state index in [2.05, 4.69) is 26.4 Å². The summed E-state index contributed by atoms with van der Waals surface area (Å²) in [6, 6.07) is 11.1. The fraction of sp³-hybridized carbons (Fsp3) is 0.353. The highest BCUT2D eigenvalue weighted by atomic mass is 16.2. The SMILES string of the molecule is Cc1cc(NC(=O)NCc2ccccc2)n(C2NC(=O)CC(C)N2)n1. The Morgan fingerprint density at radius 1 is 1.36 bits per heavy atom. The molecule has 0 aliphatic carbocycles. The second kappa shape index (κ2) is 7.35.